The maximum atomic E-state index is 11.9. The normalized spacial score (nSPS) is 10.4. The number of benzene rings is 1. The van der Waals surface area contributed by atoms with Gasteiger partial charge in [-0.3, -0.25) is 4.79 Å². The van der Waals surface area contributed by atoms with Gasteiger partial charge in [0.25, 0.3) is 5.91 Å². The van der Waals surface area contributed by atoms with E-state index in [1.54, 1.807) is 0 Å². The molecule has 0 saturated heterocycles. The van der Waals surface area contributed by atoms with Crippen LogP contribution in [0.3, 0.4) is 0 Å². The van der Waals surface area contributed by atoms with Crippen LogP contribution in [0.1, 0.15) is 16.2 Å². The zero-order valence-electron chi connectivity index (χ0n) is 9.69. The first kappa shape index (κ1) is 13.6. The molecule has 0 radical (unpaired) electrons. The number of nitrogen functional groups attached to an aromatic ring is 1. The minimum atomic E-state index is -0.299. The van der Waals surface area contributed by atoms with E-state index in [0.29, 0.717) is 24.4 Å². The Balaban J connectivity index is 1.96. The third-order valence-corrected chi connectivity index (χ3v) is 3.01. The lowest BCUT2D eigenvalue weighted by atomic mass is 10.2. The summed E-state index contributed by atoms with van der Waals surface area (Å²) in [4.78, 5) is 15.7. The summed E-state index contributed by atoms with van der Waals surface area (Å²) in [6.07, 6.45) is 1.70. The van der Waals surface area contributed by atoms with Gasteiger partial charge in [0.05, 0.1) is 15.7 Å². The van der Waals surface area contributed by atoms with Crippen LogP contribution >= 0.6 is 23.2 Å². The highest BCUT2D eigenvalue weighted by Gasteiger charge is 2.11. The molecule has 8 heteroatoms. The Morgan fingerprint density at radius 1 is 1.37 bits per heavy atom. The standard InChI is InChI=1S/C11H10Cl2N4O2/c12-7-3-6(4-8(13)10(7)14)11(18)15-2-1-9-16-5-19-17-9/h3-5H,1-2,14H2,(H,15,18). The maximum Gasteiger partial charge on any atom is 0.251 e. The van der Waals surface area contributed by atoms with Gasteiger partial charge in [-0.05, 0) is 12.1 Å². The van der Waals surface area contributed by atoms with E-state index >= 15 is 0 Å². The zero-order valence-corrected chi connectivity index (χ0v) is 11.2. The summed E-state index contributed by atoms with van der Waals surface area (Å²) in [5.74, 6) is 0.223. The van der Waals surface area contributed by atoms with Crippen LogP contribution < -0.4 is 11.1 Å². The zero-order chi connectivity index (χ0) is 13.8. The Morgan fingerprint density at radius 2 is 2.05 bits per heavy atom. The number of aromatic nitrogens is 2. The molecule has 0 atom stereocenters. The van der Waals surface area contributed by atoms with Gasteiger partial charge in [0, 0.05) is 18.5 Å². The van der Waals surface area contributed by atoms with E-state index in [4.69, 9.17) is 28.9 Å². The second-order valence-corrected chi connectivity index (χ2v) is 4.52. The van der Waals surface area contributed by atoms with E-state index in [1.807, 2.05) is 0 Å². The highest BCUT2D eigenvalue weighted by molar-refractivity contribution is 6.39. The first-order chi connectivity index (χ1) is 9.08. The molecule has 3 N–H and O–H groups in total. The second kappa shape index (κ2) is 5.90. The van der Waals surface area contributed by atoms with Crippen molar-refractivity contribution in [2.24, 2.45) is 0 Å². The largest absolute Gasteiger partial charge is 0.396 e. The molecule has 19 heavy (non-hydrogen) atoms. The molecule has 0 fully saturated rings. The molecule has 6 nitrogen and oxygen atoms in total. The average molecular weight is 301 g/mol. The second-order valence-electron chi connectivity index (χ2n) is 3.71. The predicted molar refractivity (Wildman–Crippen MR) is 71.2 cm³/mol. The number of nitrogens with two attached hydrogens (primary N) is 1. The van der Waals surface area contributed by atoms with Crippen LogP contribution in [0.4, 0.5) is 5.69 Å². The van der Waals surface area contributed by atoms with Crippen molar-refractivity contribution in [3.63, 3.8) is 0 Å². The van der Waals surface area contributed by atoms with E-state index < -0.39 is 0 Å². The van der Waals surface area contributed by atoms with Gasteiger partial charge in [0.1, 0.15) is 0 Å². The molecule has 2 aromatic rings. The molecular formula is C11H10Cl2N4O2. The third kappa shape index (κ3) is 3.36. The molecule has 0 unspecified atom stereocenters. The average Bonchev–Trinajstić information content (AvgIpc) is 2.88. The van der Waals surface area contributed by atoms with Crippen LogP contribution in [0.5, 0.6) is 0 Å². The van der Waals surface area contributed by atoms with Gasteiger partial charge in [-0.2, -0.15) is 4.98 Å². The number of carbonyl (C=O) groups excluding carboxylic acids is 1. The molecule has 0 spiro atoms. The van der Waals surface area contributed by atoms with Crippen molar-refractivity contribution in [2.45, 2.75) is 6.42 Å². The first-order valence-corrected chi connectivity index (χ1v) is 6.11. The number of hydrogen-bond donors (Lipinski definition) is 2. The molecule has 0 saturated carbocycles. The fourth-order valence-corrected chi connectivity index (χ4v) is 1.89. The van der Waals surface area contributed by atoms with Crippen LogP contribution in [0.15, 0.2) is 23.0 Å². The molecule has 0 aliphatic rings. The van der Waals surface area contributed by atoms with Crippen LogP contribution in [0, 0.1) is 0 Å². The van der Waals surface area contributed by atoms with Gasteiger partial charge in [-0.1, -0.05) is 28.4 Å². The number of rotatable bonds is 4. The number of anilines is 1. The summed E-state index contributed by atoms with van der Waals surface area (Å²) in [6, 6.07) is 2.93. The lowest BCUT2D eigenvalue weighted by molar-refractivity contribution is 0.0954. The smallest absolute Gasteiger partial charge is 0.251 e. The number of amides is 1. The lowest BCUT2D eigenvalue weighted by Crippen LogP contribution is -2.26. The minimum absolute atomic E-state index is 0.246. The molecule has 1 amide bonds. The molecule has 1 aromatic carbocycles. The van der Waals surface area contributed by atoms with Crippen molar-refractivity contribution >= 4 is 34.8 Å². The van der Waals surface area contributed by atoms with Crippen LogP contribution in [-0.4, -0.2) is 22.6 Å². The minimum Gasteiger partial charge on any atom is -0.396 e. The number of halogens is 2. The summed E-state index contributed by atoms with van der Waals surface area (Å²) >= 11 is 11.7. The van der Waals surface area contributed by atoms with Gasteiger partial charge in [0.15, 0.2) is 5.82 Å². The number of nitrogens with one attached hydrogen (secondary N) is 1. The SMILES string of the molecule is Nc1c(Cl)cc(C(=O)NCCc2ncon2)cc1Cl. The van der Waals surface area contributed by atoms with E-state index in [-0.39, 0.29) is 21.6 Å². The van der Waals surface area contributed by atoms with Gasteiger partial charge in [-0.15, -0.1) is 0 Å². The summed E-state index contributed by atoms with van der Waals surface area (Å²) in [6.45, 7) is 0.373. The Hall–Kier alpha value is -1.79. The summed E-state index contributed by atoms with van der Waals surface area (Å²) in [5.41, 5.74) is 6.19. The Bertz CT molecular complexity index is 563. The van der Waals surface area contributed by atoms with E-state index in [2.05, 4.69) is 20.0 Å². The van der Waals surface area contributed by atoms with Crippen LogP contribution in [0.25, 0.3) is 0 Å². The van der Waals surface area contributed by atoms with Gasteiger partial charge >= 0.3 is 0 Å². The maximum absolute atomic E-state index is 11.9. The van der Waals surface area contributed by atoms with Crippen molar-refractivity contribution in [1.29, 1.82) is 0 Å². The fourth-order valence-electron chi connectivity index (χ4n) is 1.41. The molecule has 2 rings (SSSR count). The molecule has 0 aliphatic carbocycles. The van der Waals surface area contributed by atoms with Crippen LogP contribution in [0.2, 0.25) is 10.0 Å². The number of carbonyl (C=O) groups is 1. The molecule has 0 aliphatic heterocycles. The lowest BCUT2D eigenvalue weighted by Gasteiger charge is -2.07. The van der Waals surface area contributed by atoms with Crippen molar-refractivity contribution in [3.05, 3.63) is 40.0 Å². The quantitative estimate of drug-likeness (QED) is 0.841. The highest BCUT2D eigenvalue weighted by Crippen LogP contribution is 2.28. The summed E-state index contributed by atoms with van der Waals surface area (Å²) < 4.78 is 4.58. The van der Waals surface area contributed by atoms with Crippen molar-refractivity contribution in [2.75, 3.05) is 12.3 Å². The van der Waals surface area contributed by atoms with Crippen LogP contribution in [-0.2, 0) is 6.42 Å². The Kier molecular flexibility index (Phi) is 4.24. The predicted octanol–water partition coefficient (Wildman–Crippen LogP) is 1.93. The third-order valence-electron chi connectivity index (χ3n) is 2.38. The molecule has 0 bridgehead atoms. The number of nitrogens with zero attached hydrogens (tertiary/aromatic N) is 2. The number of hydrogen-bond acceptors (Lipinski definition) is 5. The fraction of sp³-hybridized carbons (Fsp3) is 0.182. The monoisotopic (exact) mass is 300 g/mol. The highest BCUT2D eigenvalue weighted by atomic mass is 35.5. The molecule has 100 valence electrons. The van der Waals surface area contributed by atoms with Crippen molar-refractivity contribution < 1.29 is 9.32 Å². The van der Waals surface area contributed by atoms with E-state index in [9.17, 15) is 4.79 Å². The molecule has 1 heterocycles. The summed E-state index contributed by atoms with van der Waals surface area (Å²) in [5, 5.41) is 6.81. The van der Waals surface area contributed by atoms with Gasteiger partial charge in [0.2, 0.25) is 6.39 Å². The van der Waals surface area contributed by atoms with Crippen molar-refractivity contribution in [1.82, 2.24) is 15.5 Å². The summed E-state index contributed by atoms with van der Waals surface area (Å²) in [7, 11) is 0. The molecule has 1 aromatic heterocycles. The Morgan fingerprint density at radius 3 is 2.63 bits per heavy atom. The topological polar surface area (TPSA) is 94.0 Å². The first-order valence-electron chi connectivity index (χ1n) is 5.36. The molecular weight excluding hydrogens is 291 g/mol. The Labute approximate surface area is 118 Å². The van der Waals surface area contributed by atoms with Gasteiger partial charge in [-0.25, -0.2) is 0 Å². The van der Waals surface area contributed by atoms with Crippen molar-refractivity contribution in [3.8, 4) is 0 Å². The van der Waals surface area contributed by atoms with E-state index in [1.165, 1.54) is 18.5 Å². The van der Waals surface area contributed by atoms with Gasteiger partial charge < -0.3 is 15.6 Å². The van der Waals surface area contributed by atoms with E-state index in [0.717, 1.165) is 0 Å².